The molecule has 0 spiro atoms. The maximum atomic E-state index is 12.8. The molecule has 0 unspecified atom stereocenters. The van der Waals surface area contributed by atoms with Gasteiger partial charge in [0.25, 0.3) is 0 Å². The Labute approximate surface area is 89.1 Å². The third-order valence-electron chi connectivity index (χ3n) is 2.35. The minimum absolute atomic E-state index is 0.488. The monoisotopic (exact) mass is 234 g/mol. The Kier molecular flexibility index (Phi) is 3.23. The average Bonchev–Trinajstić information content (AvgIpc) is 2.18. The number of benzene rings is 1. The zero-order valence-corrected chi connectivity index (χ0v) is 8.03. The zero-order valence-electron chi connectivity index (χ0n) is 8.03. The molecule has 1 aromatic carbocycles. The van der Waals surface area contributed by atoms with Crippen LogP contribution < -0.4 is 0 Å². The van der Waals surface area contributed by atoms with E-state index in [9.17, 15) is 18.0 Å². The number of hydrogen-bond acceptors (Lipinski definition) is 2. The summed E-state index contributed by atoms with van der Waals surface area (Å²) in [5.74, 6) is -2.12. The Bertz CT molecular complexity index is 375. The van der Waals surface area contributed by atoms with Crippen molar-refractivity contribution in [1.29, 1.82) is 0 Å². The normalized spacial score (nSPS) is 15.5. The van der Waals surface area contributed by atoms with Gasteiger partial charge in [0.05, 0.1) is 6.61 Å². The Morgan fingerprint density at radius 3 is 2.00 bits per heavy atom. The number of carboxylic acids is 1. The number of aliphatic hydroxyl groups is 1. The van der Waals surface area contributed by atoms with Crippen LogP contribution in [-0.4, -0.2) is 29.0 Å². The van der Waals surface area contributed by atoms with E-state index in [1.165, 1.54) is 18.2 Å². The molecule has 0 aliphatic rings. The van der Waals surface area contributed by atoms with Gasteiger partial charge < -0.3 is 10.2 Å². The van der Waals surface area contributed by atoms with Gasteiger partial charge >= 0.3 is 12.1 Å². The molecule has 0 amide bonds. The van der Waals surface area contributed by atoms with E-state index in [1.54, 1.807) is 0 Å². The van der Waals surface area contributed by atoms with Crippen molar-refractivity contribution in [2.45, 2.75) is 11.6 Å². The summed E-state index contributed by atoms with van der Waals surface area (Å²) < 4.78 is 38.3. The lowest BCUT2D eigenvalue weighted by molar-refractivity contribution is -0.213. The molecule has 0 saturated carbocycles. The third kappa shape index (κ3) is 1.76. The fourth-order valence-corrected chi connectivity index (χ4v) is 1.38. The zero-order chi connectivity index (χ0) is 12.4. The van der Waals surface area contributed by atoms with Crippen molar-refractivity contribution in [3.05, 3.63) is 35.9 Å². The third-order valence-corrected chi connectivity index (χ3v) is 2.35. The van der Waals surface area contributed by atoms with Crippen molar-refractivity contribution in [3.8, 4) is 0 Å². The molecule has 0 saturated heterocycles. The van der Waals surface area contributed by atoms with E-state index in [-0.39, 0.29) is 0 Å². The second-order valence-corrected chi connectivity index (χ2v) is 3.23. The second kappa shape index (κ2) is 4.13. The van der Waals surface area contributed by atoms with Crippen molar-refractivity contribution in [3.63, 3.8) is 0 Å². The number of carboxylic acid groups (broad SMARTS) is 1. The molecule has 88 valence electrons. The molecule has 0 aliphatic heterocycles. The highest BCUT2D eigenvalue weighted by atomic mass is 19.4. The lowest BCUT2D eigenvalue weighted by Crippen LogP contribution is -2.52. The maximum absolute atomic E-state index is 12.8. The topological polar surface area (TPSA) is 57.5 Å². The minimum Gasteiger partial charge on any atom is -0.480 e. The van der Waals surface area contributed by atoms with Crippen LogP contribution in [0, 0.1) is 0 Å². The van der Waals surface area contributed by atoms with Gasteiger partial charge in [0.1, 0.15) is 0 Å². The fourth-order valence-electron chi connectivity index (χ4n) is 1.38. The lowest BCUT2D eigenvalue weighted by atomic mass is 9.80. The SMILES string of the molecule is O=C(O)[C@@](CO)(c1ccccc1)C(F)(F)F. The van der Waals surface area contributed by atoms with Gasteiger partial charge in [-0.2, -0.15) is 13.2 Å². The van der Waals surface area contributed by atoms with E-state index in [0.29, 0.717) is 0 Å². The summed E-state index contributed by atoms with van der Waals surface area (Å²) in [6.07, 6.45) is -5.06. The molecule has 0 aliphatic carbocycles. The van der Waals surface area contributed by atoms with E-state index in [0.717, 1.165) is 12.1 Å². The second-order valence-electron chi connectivity index (χ2n) is 3.23. The van der Waals surface area contributed by atoms with Crippen LogP contribution in [0.3, 0.4) is 0 Å². The highest BCUT2D eigenvalue weighted by Gasteiger charge is 2.61. The van der Waals surface area contributed by atoms with Crippen LogP contribution in [-0.2, 0) is 10.2 Å². The highest BCUT2D eigenvalue weighted by Crippen LogP contribution is 2.41. The molecule has 0 heterocycles. The van der Waals surface area contributed by atoms with Gasteiger partial charge in [-0.1, -0.05) is 30.3 Å². The van der Waals surface area contributed by atoms with Gasteiger partial charge in [-0.15, -0.1) is 0 Å². The number of aliphatic carboxylic acids is 1. The molecule has 16 heavy (non-hydrogen) atoms. The lowest BCUT2D eigenvalue weighted by Gasteiger charge is -2.29. The van der Waals surface area contributed by atoms with E-state index >= 15 is 0 Å². The van der Waals surface area contributed by atoms with Gasteiger partial charge in [-0.05, 0) is 5.56 Å². The fraction of sp³-hybridized carbons (Fsp3) is 0.300. The summed E-state index contributed by atoms with van der Waals surface area (Å²) in [6, 6.07) is 6.09. The van der Waals surface area contributed by atoms with Gasteiger partial charge in [-0.3, -0.25) is 4.79 Å². The smallest absolute Gasteiger partial charge is 0.411 e. The minimum atomic E-state index is -5.06. The number of aliphatic hydroxyl groups excluding tert-OH is 1. The van der Waals surface area contributed by atoms with Crippen LogP contribution in [0.1, 0.15) is 5.56 Å². The van der Waals surface area contributed by atoms with Crippen LogP contribution in [0.25, 0.3) is 0 Å². The van der Waals surface area contributed by atoms with Gasteiger partial charge in [0, 0.05) is 0 Å². The van der Waals surface area contributed by atoms with Crippen molar-refractivity contribution in [2.75, 3.05) is 6.61 Å². The van der Waals surface area contributed by atoms with Crippen LogP contribution in [0.5, 0.6) is 0 Å². The van der Waals surface area contributed by atoms with Gasteiger partial charge in [0.2, 0.25) is 5.41 Å². The first kappa shape index (κ1) is 12.5. The molecule has 2 N–H and O–H groups in total. The predicted octanol–water partition coefficient (Wildman–Crippen LogP) is 1.56. The molecule has 1 rings (SSSR count). The molecule has 0 fully saturated rings. The molecular weight excluding hydrogens is 225 g/mol. The van der Waals surface area contributed by atoms with Crippen molar-refractivity contribution in [2.24, 2.45) is 0 Å². The van der Waals surface area contributed by atoms with E-state index in [1.807, 2.05) is 0 Å². The van der Waals surface area contributed by atoms with Crippen molar-refractivity contribution < 1.29 is 28.2 Å². The highest BCUT2D eigenvalue weighted by molar-refractivity contribution is 5.82. The van der Waals surface area contributed by atoms with E-state index in [4.69, 9.17) is 10.2 Å². The number of alkyl halides is 3. The predicted molar refractivity (Wildman–Crippen MR) is 48.9 cm³/mol. The molecule has 0 aromatic heterocycles. The van der Waals surface area contributed by atoms with Crippen molar-refractivity contribution in [1.82, 2.24) is 0 Å². The summed E-state index contributed by atoms with van der Waals surface area (Å²) >= 11 is 0. The quantitative estimate of drug-likeness (QED) is 0.834. The average molecular weight is 234 g/mol. The van der Waals surface area contributed by atoms with Crippen LogP contribution >= 0.6 is 0 Å². The summed E-state index contributed by atoms with van der Waals surface area (Å²) in [5.41, 5.74) is -3.74. The van der Waals surface area contributed by atoms with Crippen molar-refractivity contribution >= 4 is 5.97 Å². The molecule has 0 bridgehead atoms. The molecule has 3 nitrogen and oxygen atoms in total. The Balaban J connectivity index is 3.42. The van der Waals surface area contributed by atoms with Crippen LogP contribution in [0.2, 0.25) is 0 Å². The number of rotatable bonds is 3. The summed E-state index contributed by atoms with van der Waals surface area (Å²) in [5, 5.41) is 17.6. The van der Waals surface area contributed by atoms with Crippen LogP contribution in [0.4, 0.5) is 13.2 Å². The Hall–Kier alpha value is -1.56. The molecular formula is C10H9F3O3. The maximum Gasteiger partial charge on any atom is 0.411 e. The van der Waals surface area contributed by atoms with E-state index < -0.39 is 29.7 Å². The first-order chi connectivity index (χ1) is 7.36. The Morgan fingerprint density at radius 2 is 1.69 bits per heavy atom. The summed E-state index contributed by atoms with van der Waals surface area (Å²) in [4.78, 5) is 10.8. The molecule has 1 atom stereocenters. The first-order valence-corrected chi connectivity index (χ1v) is 4.33. The summed E-state index contributed by atoms with van der Waals surface area (Å²) in [6.45, 7) is -1.53. The summed E-state index contributed by atoms with van der Waals surface area (Å²) in [7, 11) is 0. The number of hydrogen-bond donors (Lipinski definition) is 2. The standard InChI is InChI=1S/C10H9F3O3/c11-10(12,13)9(6-14,8(15)16)7-4-2-1-3-5-7/h1-5,14H,6H2,(H,15,16)/t9-/m1/s1. The largest absolute Gasteiger partial charge is 0.480 e. The number of halogens is 3. The van der Waals surface area contributed by atoms with Gasteiger partial charge in [-0.25, -0.2) is 0 Å². The Morgan fingerprint density at radius 1 is 1.19 bits per heavy atom. The molecule has 1 aromatic rings. The molecule has 0 radical (unpaired) electrons. The number of carbonyl (C=O) groups is 1. The van der Waals surface area contributed by atoms with Crippen LogP contribution in [0.15, 0.2) is 30.3 Å². The first-order valence-electron chi connectivity index (χ1n) is 4.33. The van der Waals surface area contributed by atoms with Gasteiger partial charge in [0.15, 0.2) is 0 Å². The van der Waals surface area contributed by atoms with E-state index in [2.05, 4.69) is 0 Å². The molecule has 6 heteroatoms.